The zero-order valence-corrected chi connectivity index (χ0v) is 19.3. The number of piperidine rings is 1. The van der Waals surface area contributed by atoms with Gasteiger partial charge in [0.2, 0.25) is 0 Å². The Hall–Kier alpha value is -2.38. The Morgan fingerprint density at radius 3 is 2.76 bits per heavy atom. The van der Waals surface area contributed by atoms with Crippen molar-refractivity contribution in [1.29, 1.82) is 0 Å². The minimum Gasteiger partial charge on any atom is -0.451 e. The molecule has 2 aromatic carbocycles. The summed E-state index contributed by atoms with van der Waals surface area (Å²) in [5.74, 6) is 0.0385. The first-order valence-corrected chi connectivity index (χ1v) is 12.0. The highest BCUT2D eigenvalue weighted by atomic mass is 35.5. The van der Waals surface area contributed by atoms with Crippen LogP contribution in [0.1, 0.15) is 47.4 Å². The van der Waals surface area contributed by atoms with Crippen LogP contribution in [0.3, 0.4) is 0 Å². The number of likely N-dealkylation sites (tertiary alicyclic amines) is 1. The van der Waals surface area contributed by atoms with Crippen LogP contribution in [0, 0.1) is 0 Å². The normalized spacial score (nSPS) is 20.8. The highest BCUT2D eigenvalue weighted by Crippen LogP contribution is 2.35. The topological polar surface area (TPSA) is 74.9 Å². The van der Waals surface area contributed by atoms with E-state index in [1.54, 1.807) is 6.07 Å². The van der Waals surface area contributed by atoms with Gasteiger partial charge in [0.05, 0.1) is 11.7 Å². The predicted molar refractivity (Wildman–Crippen MR) is 127 cm³/mol. The molecule has 33 heavy (non-hydrogen) atoms. The zero-order valence-electron chi connectivity index (χ0n) is 18.6. The molecular weight excluding hydrogens is 440 g/mol. The Morgan fingerprint density at radius 2 is 2.00 bits per heavy atom. The fourth-order valence-electron chi connectivity index (χ4n) is 4.78. The Balaban J connectivity index is 1.24. The molecule has 6 nitrogen and oxygen atoms in total. The van der Waals surface area contributed by atoms with Crippen molar-refractivity contribution >= 4 is 28.5 Å². The number of fused-ring (bicyclic) bond motifs is 1. The van der Waals surface area contributed by atoms with Crippen LogP contribution >= 0.6 is 11.6 Å². The molecule has 1 amide bonds. The molecule has 174 valence electrons. The summed E-state index contributed by atoms with van der Waals surface area (Å²) >= 11 is 6.31. The summed E-state index contributed by atoms with van der Waals surface area (Å²) in [6, 6.07) is 15.3. The summed E-state index contributed by atoms with van der Waals surface area (Å²) < 4.78 is 11.3. The molecule has 0 saturated carbocycles. The number of nitrogens with one attached hydrogen (secondary N) is 1. The predicted octanol–water partition coefficient (Wildman–Crippen LogP) is 4.48. The van der Waals surface area contributed by atoms with E-state index in [1.165, 1.54) is 0 Å². The summed E-state index contributed by atoms with van der Waals surface area (Å²) in [6.07, 6.45) is 3.36. The number of aliphatic hydroxyl groups is 1. The minimum atomic E-state index is -0.898. The number of nitrogens with zero attached hydrogens (tertiary/aromatic N) is 1. The molecule has 0 radical (unpaired) electrons. The Kier molecular flexibility index (Phi) is 6.43. The third-order valence-corrected chi connectivity index (χ3v) is 7.20. The Bertz CT molecular complexity index is 1130. The van der Waals surface area contributed by atoms with Crippen molar-refractivity contribution in [2.75, 3.05) is 26.2 Å². The largest absolute Gasteiger partial charge is 0.451 e. The summed E-state index contributed by atoms with van der Waals surface area (Å²) in [5, 5.41) is 15.9. The summed E-state index contributed by atoms with van der Waals surface area (Å²) in [5.41, 5.74) is 1.71. The van der Waals surface area contributed by atoms with E-state index in [0.29, 0.717) is 25.0 Å². The lowest BCUT2D eigenvalue weighted by Gasteiger charge is -2.38. The lowest BCUT2D eigenvalue weighted by molar-refractivity contribution is -0.0276. The first kappa shape index (κ1) is 22.4. The Labute approximate surface area is 198 Å². The molecule has 3 aromatic rings. The van der Waals surface area contributed by atoms with Gasteiger partial charge < -0.3 is 19.6 Å². The quantitative estimate of drug-likeness (QED) is 0.558. The molecule has 1 atom stereocenters. The molecule has 2 fully saturated rings. The molecule has 7 heteroatoms. The van der Waals surface area contributed by atoms with Crippen molar-refractivity contribution in [3.05, 3.63) is 70.4 Å². The second kappa shape index (κ2) is 9.47. The molecule has 2 aliphatic heterocycles. The number of carbonyl (C=O) groups excluding carboxylic acids is 1. The van der Waals surface area contributed by atoms with Crippen molar-refractivity contribution in [3.8, 4) is 0 Å². The van der Waals surface area contributed by atoms with E-state index >= 15 is 0 Å². The number of amides is 1. The molecule has 0 bridgehead atoms. The first-order valence-electron chi connectivity index (χ1n) is 11.6. The zero-order chi connectivity index (χ0) is 22.8. The van der Waals surface area contributed by atoms with Crippen molar-refractivity contribution in [2.24, 2.45) is 0 Å². The van der Waals surface area contributed by atoms with Crippen LogP contribution in [-0.2, 0) is 16.9 Å². The number of carbonyl (C=O) groups is 1. The molecule has 1 unspecified atom stereocenters. The molecule has 1 aromatic heterocycles. The molecule has 2 N–H and O–H groups in total. The number of halogens is 1. The highest BCUT2D eigenvalue weighted by molar-refractivity contribution is 6.31. The summed E-state index contributed by atoms with van der Waals surface area (Å²) in [7, 11) is 0. The van der Waals surface area contributed by atoms with Gasteiger partial charge in [0.1, 0.15) is 5.58 Å². The van der Waals surface area contributed by atoms with E-state index in [2.05, 4.69) is 10.2 Å². The van der Waals surface area contributed by atoms with Gasteiger partial charge in [-0.2, -0.15) is 0 Å². The fourth-order valence-corrected chi connectivity index (χ4v) is 4.98. The van der Waals surface area contributed by atoms with Gasteiger partial charge in [0, 0.05) is 43.2 Å². The van der Waals surface area contributed by atoms with Crippen LogP contribution in [0.4, 0.5) is 0 Å². The van der Waals surface area contributed by atoms with Crippen molar-refractivity contribution in [2.45, 2.75) is 43.9 Å². The molecule has 5 rings (SSSR count). The van der Waals surface area contributed by atoms with Gasteiger partial charge in [0.15, 0.2) is 5.76 Å². The van der Waals surface area contributed by atoms with Gasteiger partial charge in [0.25, 0.3) is 5.91 Å². The van der Waals surface area contributed by atoms with E-state index in [-0.39, 0.29) is 17.8 Å². The fraction of sp³-hybridized carbons (Fsp3) is 0.423. The Morgan fingerprint density at radius 1 is 1.18 bits per heavy atom. The van der Waals surface area contributed by atoms with Gasteiger partial charge in [-0.3, -0.25) is 9.69 Å². The molecular formula is C26H29ClN2O4. The maximum Gasteiger partial charge on any atom is 0.287 e. The van der Waals surface area contributed by atoms with E-state index < -0.39 is 5.60 Å². The molecule has 2 aliphatic rings. The van der Waals surface area contributed by atoms with Crippen LogP contribution in [0.5, 0.6) is 0 Å². The second-order valence-electron chi connectivity index (χ2n) is 9.11. The average molecular weight is 469 g/mol. The van der Waals surface area contributed by atoms with E-state index in [1.807, 2.05) is 42.5 Å². The SMILES string of the molecule is O=C(NCC1CCCO1)c1cc2cc(C3(O)CCN(Cc4ccccc4Cl)CC3)ccc2o1. The van der Waals surface area contributed by atoms with E-state index in [9.17, 15) is 9.90 Å². The van der Waals surface area contributed by atoms with Gasteiger partial charge in [-0.25, -0.2) is 0 Å². The maximum absolute atomic E-state index is 12.5. The molecule has 2 saturated heterocycles. The standard InChI is InChI=1S/C26H29ClN2O4/c27-22-6-2-1-4-18(22)17-29-11-9-26(31,10-12-29)20-7-8-23-19(14-20)15-24(33-23)25(30)28-16-21-5-3-13-32-21/h1-2,4,6-8,14-15,21,31H,3,5,9-13,16-17H2,(H,28,30). The molecule has 3 heterocycles. The minimum absolute atomic E-state index is 0.0861. The second-order valence-corrected chi connectivity index (χ2v) is 9.51. The van der Waals surface area contributed by atoms with Gasteiger partial charge in [-0.1, -0.05) is 35.9 Å². The third-order valence-electron chi connectivity index (χ3n) is 6.83. The monoisotopic (exact) mass is 468 g/mol. The summed E-state index contributed by atoms with van der Waals surface area (Å²) in [6.45, 7) is 3.59. The van der Waals surface area contributed by atoms with Crippen molar-refractivity contribution in [3.63, 3.8) is 0 Å². The lowest BCUT2D eigenvalue weighted by Crippen LogP contribution is -2.42. The summed E-state index contributed by atoms with van der Waals surface area (Å²) in [4.78, 5) is 14.8. The van der Waals surface area contributed by atoms with E-state index in [0.717, 1.165) is 60.6 Å². The smallest absolute Gasteiger partial charge is 0.287 e. The number of rotatable bonds is 6. The number of ether oxygens (including phenoxy) is 1. The van der Waals surface area contributed by atoms with Crippen LogP contribution in [0.25, 0.3) is 11.0 Å². The number of benzene rings is 2. The molecule has 0 spiro atoms. The van der Waals surface area contributed by atoms with Crippen LogP contribution < -0.4 is 5.32 Å². The number of hydrogen-bond donors (Lipinski definition) is 2. The van der Waals surface area contributed by atoms with Crippen molar-refractivity contribution < 1.29 is 19.1 Å². The van der Waals surface area contributed by atoms with Crippen LogP contribution in [-0.4, -0.2) is 48.3 Å². The number of hydrogen-bond acceptors (Lipinski definition) is 5. The van der Waals surface area contributed by atoms with Gasteiger partial charge >= 0.3 is 0 Å². The van der Waals surface area contributed by atoms with E-state index in [4.69, 9.17) is 20.8 Å². The van der Waals surface area contributed by atoms with Gasteiger partial charge in [-0.15, -0.1) is 0 Å². The third kappa shape index (κ3) is 4.94. The van der Waals surface area contributed by atoms with Crippen LogP contribution in [0.15, 0.2) is 52.9 Å². The van der Waals surface area contributed by atoms with Gasteiger partial charge in [-0.05, 0) is 61.1 Å². The number of furan rings is 1. The average Bonchev–Trinajstić information content (AvgIpc) is 3.50. The van der Waals surface area contributed by atoms with Crippen LogP contribution in [0.2, 0.25) is 5.02 Å². The first-order chi connectivity index (χ1) is 16.0. The highest BCUT2D eigenvalue weighted by Gasteiger charge is 2.34. The lowest BCUT2D eigenvalue weighted by atomic mass is 9.84. The maximum atomic E-state index is 12.5. The molecule has 0 aliphatic carbocycles. The van der Waals surface area contributed by atoms with Crippen molar-refractivity contribution in [1.82, 2.24) is 10.2 Å².